The third-order valence-corrected chi connectivity index (χ3v) is 11.9. The molecule has 2 aromatic heterocycles. The van der Waals surface area contributed by atoms with Crippen LogP contribution in [0.1, 0.15) is 67.9 Å². The third-order valence-electron chi connectivity index (χ3n) is 10.7. The van der Waals surface area contributed by atoms with Gasteiger partial charge in [-0.15, -0.1) is 11.3 Å². The van der Waals surface area contributed by atoms with Gasteiger partial charge in [0.05, 0.1) is 24.2 Å². The van der Waals surface area contributed by atoms with Gasteiger partial charge in [-0.1, -0.05) is 61.0 Å². The van der Waals surface area contributed by atoms with E-state index in [1.54, 1.807) is 23.7 Å². The minimum Gasteiger partial charge on any atom is -0.461 e. The van der Waals surface area contributed by atoms with Crippen molar-refractivity contribution >= 4 is 49.8 Å². The van der Waals surface area contributed by atoms with Gasteiger partial charge >= 0.3 is 5.97 Å². The maximum Gasteiger partial charge on any atom is 0.306 e. The molecule has 1 fully saturated rings. The number of esters is 1. The quantitative estimate of drug-likeness (QED) is 0.0634. The lowest BCUT2D eigenvalue weighted by atomic mass is 9.80. The Morgan fingerprint density at radius 3 is 2.44 bits per heavy atom. The number of pyridine rings is 1. The fraction of sp³-hybridized carbons (Fsp3) is 0.405. The van der Waals surface area contributed by atoms with E-state index in [2.05, 4.69) is 10.3 Å². The van der Waals surface area contributed by atoms with Gasteiger partial charge in [0.1, 0.15) is 6.61 Å². The molecule has 5 aromatic rings. The number of aliphatic hydroxyl groups excluding tert-OH is 3. The molecule has 0 saturated heterocycles. The van der Waals surface area contributed by atoms with Crippen molar-refractivity contribution in [2.75, 3.05) is 11.9 Å². The lowest BCUT2D eigenvalue weighted by Gasteiger charge is -2.28. The molecule has 2 heterocycles. The molecule has 1 saturated carbocycles. The smallest absolute Gasteiger partial charge is 0.306 e. The first-order valence-electron chi connectivity index (χ1n) is 18.4. The second-order valence-electron chi connectivity index (χ2n) is 14.1. The summed E-state index contributed by atoms with van der Waals surface area (Å²) in [6, 6.07) is 27.1. The van der Waals surface area contributed by atoms with Crippen LogP contribution >= 0.6 is 11.3 Å². The average molecular weight is 724 g/mol. The lowest BCUT2D eigenvalue weighted by molar-refractivity contribution is -0.145. The first kappa shape index (κ1) is 37.6. The first-order chi connectivity index (χ1) is 25.3. The Kier molecular flexibility index (Phi) is 13.0. The van der Waals surface area contributed by atoms with E-state index in [1.165, 1.54) is 0 Å². The van der Waals surface area contributed by atoms with Gasteiger partial charge in [0.15, 0.2) is 0 Å². The Balaban J connectivity index is 1.09. The van der Waals surface area contributed by atoms with Gasteiger partial charge in [-0.2, -0.15) is 0 Å². The zero-order chi connectivity index (χ0) is 36.5. The summed E-state index contributed by atoms with van der Waals surface area (Å²) >= 11 is 1.58. The van der Waals surface area contributed by atoms with E-state index in [9.17, 15) is 24.9 Å². The molecule has 0 bridgehead atoms. The number of aromatic nitrogens is 1. The first-order valence-corrected chi connectivity index (χ1v) is 19.2. The van der Waals surface area contributed by atoms with Crippen LogP contribution in [-0.4, -0.2) is 50.9 Å². The van der Waals surface area contributed by atoms with Crippen molar-refractivity contribution in [3.8, 4) is 0 Å². The zero-order valence-corrected chi connectivity index (χ0v) is 30.2. The van der Waals surface area contributed by atoms with Gasteiger partial charge in [-0.3, -0.25) is 14.6 Å². The van der Waals surface area contributed by atoms with Crippen LogP contribution in [0.4, 0.5) is 5.69 Å². The maximum absolute atomic E-state index is 13.8. The Bertz CT molecular complexity index is 1880. The summed E-state index contributed by atoms with van der Waals surface area (Å²) in [6.45, 7) is 0.291. The van der Waals surface area contributed by atoms with Crippen LogP contribution in [0.3, 0.4) is 0 Å². The zero-order valence-electron chi connectivity index (χ0n) is 29.3. The van der Waals surface area contributed by atoms with Gasteiger partial charge in [0.2, 0.25) is 5.91 Å². The van der Waals surface area contributed by atoms with Crippen molar-refractivity contribution in [3.05, 3.63) is 108 Å². The minimum atomic E-state index is -0.649. The number of hydrogen-bond donors (Lipinski definition) is 5. The number of rotatable bonds is 17. The molecule has 0 spiro atoms. The van der Waals surface area contributed by atoms with Crippen molar-refractivity contribution < 1.29 is 29.6 Å². The molecule has 274 valence electrons. The number of carbonyl (C=O) groups excluding carboxylic acids is 2. The number of amides is 1. The summed E-state index contributed by atoms with van der Waals surface area (Å²) in [7, 11) is 0. The number of benzene rings is 3. The molecule has 10 heteroatoms. The molecule has 1 aliphatic carbocycles. The largest absolute Gasteiger partial charge is 0.461 e. The molecular formula is C42H49N3O6S. The molecule has 3 aromatic carbocycles. The number of fused-ring (bicyclic) bond motifs is 2. The number of thiophene rings is 1. The van der Waals surface area contributed by atoms with E-state index in [0.717, 1.165) is 31.3 Å². The monoisotopic (exact) mass is 723 g/mol. The van der Waals surface area contributed by atoms with E-state index in [1.807, 2.05) is 84.9 Å². The summed E-state index contributed by atoms with van der Waals surface area (Å²) in [5.41, 5.74) is 7.84. The summed E-state index contributed by atoms with van der Waals surface area (Å²) < 4.78 is 6.68. The highest BCUT2D eigenvalue weighted by molar-refractivity contribution is 7.19. The fourth-order valence-electron chi connectivity index (χ4n) is 7.83. The number of nitrogens with two attached hydrogens (primary N) is 1. The number of anilines is 1. The van der Waals surface area contributed by atoms with Crippen LogP contribution in [-0.2, 0) is 20.9 Å². The van der Waals surface area contributed by atoms with E-state index in [-0.39, 0.29) is 49.2 Å². The molecule has 6 N–H and O–H groups in total. The Labute approximate surface area is 308 Å². The van der Waals surface area contributed by atoms with Gasteiger partial charge in [-0.05, 0) is 103 Å². The SMILES string of the molecule is NCC(C(=O)Nc1ccc2cnccc2c1)C(CCC[C@@H]1[C@@H](CCC(O)c2cc3ccccc3s2)[C@H](O)C[C@@H]1O)CCC(=O)OCc1ccccc1. The van der Waals surface area contributed by atoms with Crippen molar-refractivity contribution in [2.45, 2.75) is 76.3 Å². The van der Waals surface area contributed by atoms with Crippen LogP contribution in [0.25, 0.3) is 20.9 Å². The number of ether oxygens (including phenoxy) is 1. The van der Waals surface area contributed by atoms with Gasteiger partial charge in [0.25, 0.3) is 0 Å². The predicted molar refractivity (Wildman–Crippen MR) is 205 cm³/mol. The number of nitrogens with one attached hydrogen (secondary N) is 1. The molecule has 9 nitrogen and oxygen atoms in total. The van der Waals surface area contributed by atoms with Crippen LogP contribution < -0.4 is 11.1 Å². The third kappa shape index (κ3) is 9.61. The van der Waals surface area contributed by atoms with Crippen molar-refractivity contribution in [3.63, 3.8) is 0 Å². The number of carbonyl (C=O) groups is 2. The summed E-state index contributed by atoms with van der Waals surface area (Å²) in [5.74, 6) is -1.60. The highest BCUT2D eigenvalue weighted by Crippen LogP contribution is 2.42. The normalized spacial score (nSPS) is 20.5. The van der Waals surface area contributed by atoms with E-state index in [4.69, 9.17) is 10.5 Å². The molecule has 6 rings (SSSR count). The summed E-state index contributed by atoms with van der Waals surface area (Å²) in [5, 5.41) is 39.1. The molecular weight excluding hydrogens is 675 g/mol. The van der Waals surface area contributed by atoms with Crippen molar-refractivity contribution in [1.29, 1.82) is 0 Å². The number of hydrogen-bond acceptors (Lipinski definition) is 9. The number of aliphatic hydroxyl groups is 3. The fourth-order valence-corrected chi connectivity index (χ4v) is 8.91. The molecule has 0 aliphatic heterocycles. The Morgan fingerprint density at radius 1 is 0.885 bits per heavy atom. The molecule has 7 atom stereocenters. The van der Waals surface area contributed by atoms with Crippen LogP contribution in [0, 0.1) is 23.7 Å². The topological polar surface area (TPSA) is 155 Å². The van der Waals surface area contributed by atoms with E-state index >= 15 is 0 Å². The highest BCUT2D eigenvalue weighted by atomic mass is 32.1. The average Bonchev–Trinajstić information content (AvgIpc) is 3.71. The van der Waals surface area contributed by atoms with Gasteiger partial charge in [0, 0.05) is 46.0 Å². The Morgan fingerprint density at radius 2 is 1.65 bits per heavy atom. The highest BCUT2D eigenvalue weighted by Gasteiger charge is 2.41. The van der Waals surface area contributed by atoms with Crippen LogP contribution in [0.15, 0.2) is 97.3 Å². The van der Waals surface area contributed by atoms with Gasteiger partial charge < -0.3 is 31.1 Å². The number of nitrogens with zero attached hydrogens (tertiary/aromatic N) is 1. The van der Waals surface area contributed by atoms with E-state index < -0.39 is 24.2 Å². The van der Waals surface area contributed by atoms with Gasteiger partial charge in [-0.25, -0.2) is 0 Å². The standard InChI is InChI=1S/C42H49N3O6S/c43-24-35(42(50)45-32-15-13-31-25-44-20-19-29(31)21-32)28(14-18-41(49)51-26-27-7-2-1-3-8-27)10-6-11-33-34(38(48)23-37(33)47)16-17-36(46)40-22-30-9-4-5-12-39(30)52-40/h1-5,7-9,12-13,15,19-22,25,28,33-38,46-48H,6,10-11,14,16-18,23-24,26,43H2,(H,45,50)/t28?,33-,34-,35?,36?,37+,38-/m1/s1. The summed E-state index contributed by atoms with van der Waals surface area (Å²) in [6.07, 6.45) is 5.44. The molecule has 0 radical (unpaired) electrons. The van der Waals surface area contributed by atoms with E-state index in [0.29, 0.717) is 50.6 Å². The maximum atomic E-state index is 13.8. The molecule has 52 heavy (non-hydrogen) atoms. The van der Waals surface area contributed by atoms with Crippen LogP contribution in [0.2, 0.25) is 0 Å². The summed E-state index contributed by atoms with van der Waals surface area (Å²) in [4.78, 5) is 31.7. The van der Waals surface area contributed by atoms with Crippen molar-refractivity contribution in [2.24, 2.45) is 29.4 Å². The second kappa shape index (κ2) is 18.0. The molecule has 3 unspecified atom stereocenters. The van der Waals surface area contributed by atoms with Crippen LogP contribution in [0.5, 0.6) is 0 Å². The molecule has 1 amide bonds. The minimum absolute atomic E-state index is 0.107. The Hall–Kier alpha value is -4.19. The second-order valence-corrected chi connectivity index (χ2v) is 15.2. The predicted octanol–water partition coefficient (Wildman–Crippen LogP) is 7.14. The molecule has 1 aliphatic rings. The lowest BCUT2D eigenvalue weighted by Crippen LogP contribution is -2.35. The van der Waals surface area contributed by atoms with Crippen molar-refractivity contribution in [1.82, 2.24) is 4.98 Å².